The van der Waals surface area contributed by atoms with Crippen molar-refractivity contribution in [3.05, 3.63) is 28.8 Å². The molecule has 3 N–H and O–H groups in total. The van der Waals surface area contributed by atoms with E-state index in [1.165, 1.54) is 18.2 Å². The molecule has 1 aromatic carbocycles. The van der Waals surface area contributed by atoms with Gasteiger partial charge < -0.3 is 20.7 Å². The van der Waals surface area contributed by atoms with Gasteiger partial charge in [-0.1, -0.05) is 11.6 Å². The first-order valence-electron chi connectivity index (χ1n) is 7.79. The van der Waals surface area contributed by atoms with Crippen LogP contribution in [0.2, 0.25) is 5.02 Å². The van der Waals surface area contributed by atoms with Crippen LogP contribution in [0.5, 0.6) is 5.75 Å². The van der Waals surface area contributed by atoms with Crippen molar-refractivity contribution < 1.29 is 18.3 Å². The van der Waals surface area contributed by atoms with Gasteiger partial charge in [0.15, 0.2) is 5.96 Å². The molecular formula is C16H23ClF2N4O2. The van der Waals surface area contributed by atoms with E-state index in [1.807, 2.05) is 13.8 Å². The Labute approximate surface area is 151 Å². The third-order valence-corrected chi connectivity index (χ3v) is 3.24. The second-order valence-electron chi connectivity index (χ2n) is 5.46. The highest BCUT2D eigenvalue weighted by Crippen LogP contribution is 2.24. The van der Waals surface area contributed by atoms with Crippen LogP contribution in [0.4, 0.5) is 8.78 Å². The normalized spacial score (nSPS) is 11.6. The van der Waals surface area contributed by atoms with Gasteiger partial charge in [-0.2, -0.15) is 8.78 Å². The Bertz CT molecular complexity index is 597. The summed E-state index contributed by atoms with van der Waals surface area (Å²) >= 11 is 5.90. The van der Waals surface area contributed by atoms with E-state index in [2.05, 4.69) is 25.7 Å². The second kappa shape index (κ2) is 10.7. The molecular weight excluding hydrogens is 354 g/mol. The van der Waals surface area contributed by atoms with Crippen LogP contribution in [-0.4, -0.2) is 38.1 Å². The minimum absolute atomic E-state index is 0.0404. The molecule has 0 atom stereocenters. The van der Waals surface area contributed by atoms with Crippen LogP contribution in [0.25, 0.3) is 0 Å². The van der Waals surface area contributed by atoms with Gasteiger partial charge in [-0.15, -0.1) is 0 Å². The SMILES string of the molecule is CN=C(NCCC(=O)NC(C)C)NCc1cc(Cl)ccc1OC(F)F. The van der Waals surface area contributed by atoms with Crippen molar-refractivity contribution in [1.82, 2.24) is 16.0 Å². The van der Waals surface area contributed by atoms with Crippen LogP contribution >= 0.6 is 11.6 Å². The Hall–Kier alpha value is -2.09. The molecule has 0 spiro atoms. The Morgan fingerprint density at radius 3 is 2.64 bits per heavy atom. The Morgan fingerprint density at radius 2 is 2.04 bits per heavy atom. The van der Waals surface area contributed by atoms with Crippen LogP contribution in [0.15, 0.2) is 23.2 Å². The van der Waals surface area contributed by atoms with Gasteiger partial charge >= 0.3 is 6.61 Å². The topological polar surface area (TPSA) is 74.8 Å². The Balaban J connectivity index is 2.54. The quantitative estimate of drug-likeness (QED) is 0.481. The number of alkyl halides is 2. The summed E-state index contributed by atoms with van der Waals surface area (Å²) in [5.74, 6) is 0.402. The summed E-state index contributed by atoms with van der Waals surface area (Å²) in [5.41, 5.74) is 0.466. The van der Waals surface area contributed by atoms with Crippen molar-refractivity contribution in [2.75, 3.05) is 13.6 Å². The van der Waals surface area contributed by atoms with Gasteiger partial charge in [0.25, 0.3) is 0 Å². The van der Waals surface area contributed by atoms with E-state index in [0.717, 1.165) is 0 Å². The first-order valence-corrected chi connectivity index (χ1v) is 8.16. The maximum Gasteiger partial charge on any atom is 0.387 e. The molecule has 1 amide bonds. The van der Waals surface area contributed by atoms with Crippen molar-refractivity contribution >= 4 is 23.5 Å². The lowest BCUT2D eigenvalue weighted by molar-refractivity contribution is -0.121. The minimum atomic E-state index is -2.92. The number of carbonyl (C=O) groups is 1. The molecule has 140 valence electrons. The average Bonchev–Trinajstić information content (AvgIpc) is 2.51. The van der Waals surface area contributed by atoms with E-state index in [-0.39, 0.29) is 30.7 Å². The zero-order valence-corrected chi connectivity index (χ0v) is 15.2. The second-order valence-corrected chi connectivity index (χ2v) is 5.89. The summed E-state index contributed by atoms with van der Waals surface area (Å²) in [7, 11) is 1.57. The van der Waals surface area contributed by atoms with Crippen LogP contribution in [0, 0.1) is 0 Å². The lowest BCUT2D eigenvalue weighted by Gasteiger charge is -2.15. The lowest BCUT2D eigenvalue weighted by Crippen LogP contribution is -2.39. The monoisotopic (exact) mass is 376 g/mol. The van der Waals surface area contributed by atoms with E-state index < -0.39 is 6.61 Å². The molecule has 9 heteroatoms. The van der Waals surface area contributed by atoms with E-state index in [9.17, 15) is 13.6 Å². The largest absolute Gasteiger partial charge is 0.434 e. The summed E-state index contributed by atoms with van der Waals surface area (Å²) in [5, 5.41) is 9.13. The highest BCUT2D eigenvalue weighted by atomic mass is 35.5. The number of guanidine groups is 1. The van der Waals surface area contributed by atoms with Crippen LogP contribution in [0.1, 0.15) is 25.8 Å². The van der Waals surface area contributed by atoms with E-state index in [0.29, 0.717) is 23.1 Å². The molecule has 1 rings (SSSR count). The third-order valence-electron chi connectivity index (χ3n) is 3.00. The molecule has 0 radical (unpaired) electrons. The summed E-state index contributed by atoms with van der Waals surface area (Å²) in [6.07, 6.45) is 0.287. The number of hydrogen-bond acceptors (Lipinski definition) is 3. The van der Waals surface area contributed by atoms with Crippen molar-refractivity contribution in [2.24, 2.45) is 4.99 Å². The molecule has 1 aromatic rings. The van der Waals surface area contributed by atoms with E-state index >= 15 is 0 Å². The molecule has 0 heterocycles. The van der Waals surface area contributed by atoms with Crippen molar-refractivity contribution in [2.45, 2.75) is 39.5 Å². The summed E-state index contributed by atoms with van der Waals surface area (Å²) in [4.78, 5) is 15.6. The molecule has 0 unspecified atom stereocenters. The number of halogens is 3. The molecule has 0 aliphatic rings. The van der Waals surface area contributed by atoms with Crippen LogP contribution in [0.3, 0.4) is 0 Å². The van der Waals surface area contributed by atoms with Crippen molar-refractivity contribution in [3.63, 3.8) is 0 Å². The molecule has 0 aliphatic carbocycles. The molecule has 0 fully saturated rings. The van der Waals surface area contributed by atoms with Gasteiger partial charge in [0, 0.05) is 43.2 Å². The predicted molar refractivity (Wildman–Crippen MR) is 94.2 cm³/mol. The number of carbonyl (C=O) groups excluding carboxylic acids is 1. The summed E-state index contributed by atoms with van der Waals surface area (Å²) in [6, 6.07) is 4.48. The zero-order valence-electron chi connectivity index (χ0n) is 14.4. The number of rotatable bonds is 8. The van der Waals surface area contributed by atoms with Crippen LogP contribution < -0.4 is 20.7 Å². The highest BCUT2D eigenvalue weighted by Gasteiger charge is 2.11. The van der Waals surface area contributed by atoms with Gasteiger partial charge in [0.2, 0.25) is 5.91 Å². The standard InChI is InChI=1S/C16H23ClF2N4O2/c1-10(2)23-14(24)6-7-21-16(20-3)22-9-11-8-12(17)4-5-13(11)25-15(18)19/h4-5,8,10,15H,6-7,9H2,1-3H3,(H,23,24)(H2,20,21,22). The minimum Gasteiger partial charge on any atom is -0.434 e. The smallest absolute Gasteiger partial charge is 0.387 e. The van der Waals surface area contributed by atoms with Crippen molar-refractivity contribution in [1.29, 1.82) is 0 Å². The van der Waals surface area contributed by atoms with Gasteiger partial charge in [0.05, 0.1) is 0 Å². The third kappa shape index (κ3) is 8.53. The fourth-order valence-corrected chi connectivity index (χ4v) is 2.18. The Morgan fingerprint density at radius 1 is 1.32 bits per heavy atom. The number of nitrogens with zero attached hydrogens (tertiary/aromatic N) is 1. The van der Waals surface area contributed by atoms with Gasteiger partial charge in [-0.05, 0) is 32.0 Å². The van der Waals surface area contributed by atoms with Gasteiger partial charge in [-0.3, -0.25) is 9.79 Å². The molecule has 0 saturated heterocycles. The number of hydrogen-bond donors (Lipinski definition) is 3. The number of nitrogens with one attached hydrogen (secondary N) is 3. The first-order chi connectivity index (χ1) is 11.8. The molecule has 0 aliphatic heterocycles. The Kier molecular flexibility index (Phi) is 8.98. The number of benzene rings is 1. The van der Waals surface area contributed by atoms with Gasteiger partial charge in [-0.25, -0.2) is 0 Å². The average molecular weight is 377 g/mol. The lowest BCUT2D eigenvalue weighted by atomic mass is 10.2. The first kappa shape index (κ1) is 21.0. The maximum absolute atomic E-state index is 12.4. The molecule has 0 bridgehead atoms. The fourth-order valence-electron chi connectivity index (χ4n) is 1.99. The molecule has 0 aromatic heterocycles. The predicted octanol–water partition coefficient (Wildman–Crippen LogP) is 2.52. The summed E-state index contributed by atoms with van der Waals surface area (Å²) in [6.45, 7) is 1.41. The fraction of sp³-hybridized carbons (Fsp3) is 0.500. The number of amides is 1. The highest BCUT2D eigenvalue weighted by molar-refractivity contribution is 6.30. The van der Waals surface area contributed by atoms with Gasteiger partial charge in [0.1, 0.15) is 5.75 Å². The zero-order chi connectivity index (χ0) is 18.8. The number of ether oxygens (including phenoxy) is 1. The number of aliphatic imine (C=N–C) groups is 1. The molecule has 6 nitrogen and oxygen atoms in total. The molecule has 25 heavy (non-hydrogen) atoms. The maximum atomic E-state index is 12.4. The van der Waals surface area contributed by atoms with Crippen molar-refractivity contribution in [3.8, 4) is 5.75 Å². The molecule has 0 saturated carbocycles. The van der Waals surface area contributed by atoms with E-state index in [1.54, 1.807) is 7.05 Å². The van der Waals surface area contributed by atoms with Crippen LogP contribution in [-0.2, 0) is 11.3 Å². The summed E-state index contributed by atoms with van der Waals surface area (Å²) < 4.78 is 29.4. The van der Waals surface area contributed by atoms with E-state index in [4.69, 9.17) is 11.6 Å².